The lowest BCUT2D eigenvalue weighted by atomic mass is 9.99. The molecule has 0 radical (unpaired) electrons. The number of carbonyl (C=O) groups excluding carboxylic acids is 1. The van der Waals surface area contributed by atoms with Gasteiger partial charge >= 0.3 is 5.76 Å². The molecule has 3 atom stereocenters. The van der Waals surface area contributed by atoms with Crippen molar-refractivity contribution < 1.29 is 22.2 Å². The summed E-state index contributed by atoms with van der Waals surface area (Å²) in [6.07, 6.45) is 4.69. The van der Waals surface area contributed by atoms with Crippen LogP contribution in [0.2, 0.25) is 0 Å². The van der Waals surface area contributed by atoms with Gasteiger partial charge in [-0.05, 0) is 50.7 Å². The van der Waals surface area contributed by atoms with Gasteiger partial charge in [0.05, 0.1) is 10.4 Å². The molecule has 10 nitrogen and oxygen atoms in total. The molecule has 168 valence electrons. The number of amides is 1. The number of H-pyrrole nitrogens is 1. The normalized spacial score (nSPS) is 25.9. The van der Waals surface area contributed by atoms with Crippen molar-refractivity contribution in [1.82, 2.24) is 19.8 Å². The first-order valence-electron chi connectivity index (χ1n) is 10.8. The molecule has 0 spiro atoms. The maximum absolute atomic E-state index is 13.4. The van der Waals surface area contributed by atoms with Crippen molar-refractivity contribution in [2.45, 2.75) is 67.5 Å². The minimum atomic E-state index is -3.77. The van der Waals surface area contributed by atoms with E-state index in [4.69, 9.17) is 8.94 Å². The van der Waals surface area contributed by atoms with Gasteiger partial charge in [0, 0.05) is 36.2 Å². The second-order valence-corrected chi connectivity index (χ2v) is 10.8. The molecule has 1 amide bonds. The van der Waals surface area contributed by atoms with Gasteiger partial charge in [-0.25, -0.2) is 13.2 Å². The lowest BCUT2D eigenvalue weighted by Gasteiger charge is -2.38. The van der Waals surface area contributed by atoms with Crippen LogP contribution in [-0.4, -0.2) is 46.9 Å². The summed E-state index contributed by atoms with van der Waals surface area (Å²) in [4.78, 5) is 26.6. The number of aromatic amines is 1. The summed E-state index contributed by atoms with van der Waals surface area (Å²) < 4.78 is 38.7. The highest BCUT2D eigenvalue weighted by molar-refractivity contribution is 7.89. The van der Waals surface area contributed by atoms with Crippen molar-refractivity contribution in [1.29, 1.82) is 0 Å². The first kappa shape index (κ1) is 19.7. The fraction of sp³-hybridized carbons (Fsp3) is 0.476. The molecule has 4 heterocycles. The van der Waals surface area contributed by atoms with Crippen molar-refractivity contribution in [3.8, 4) is 0 Å². The Hall–Kier alpha value is -2.92. The van der Waals surface area contributed by atoms with E-state index in [1.165, 1.54) is 18.2 Å². The Bertz CT molecular complexity index is 1350. The number of sulfonamides is 1. The molecule has 2 saturated heterocycles. The van der Waals surface area contributed by atoms with Gasteiger partial charge in [0.1, 0.15) is 5.76 Å². The number of nitrogens with zero attached hydrogens (tertiary/aromatic N) is 2. The van der Waals surface area contributed by atoms with Crippen LogP contribution in [-0.2, 0) is 10.0 Å². The Morgan fingerprint density at radius 1 is 1.12 bits per heavy atom. The lowest BCUT2D eigenvalue weighted by molar-refractivity contribution is 0.0900. The molecule has 1 saturated carbocycles. The fourth-order valence-corrected chi connectivity index (χ4v) is 6.98. The van der Waals surface area contributed by atoms with E-state index in [1.54, 1.807) is 10.4 Å². The molecule has 32 heavy (non-hydrogen) atoms. The van der Waals surface area contributed by atoms with Crippen LogP contribution >= 0.6 is 0 Å². The summed E-state index contributed by atoms with van der Waals surface area (Å²) in [7, 11) is -3.77. The SMILES string of the molecule is O=C(NC1C[C@H]2CC[C@@H](C1)N2S(=O)(=O)c1ccc2[nH]c(=O)oc2c1)c1cc(C2CC2)on1. The predicted octanol–water partition coefficient (Wildman–Crippen LogP) is 2.10. The average Bonchev–Trinajstić information content (AvgIpc) is 3.23. The highest BCUT2D eigenvalue weighted by Crippen LogP contribution is 2.41. The standard InChI is InChI=1S/C21H22N4O6S/c26-20(17-10-18(31-24-17)11-1-2-11)22-12-7-13-3-4-14(8-12)25(13)32(28,29)15-5-6-16-19(9-15)30-21(27)23-16/h5-6,9-14H,1-4,7-8H2,(H,22,26)(H,23,27)/t12?,13-,14+. The van der Waals surface area contributed by atoms with E-state index in [-0.39, 0.29) is 40.2 Å². The molecule has 1 aliphatic carbocycles. The minimum Gasteiger partial charge on any atom is -0.408 e. The summed E-state index contributed by atoms with van der Waals surface area (Å²) in [6, 6.07) is 5.59. The number of carbonyl (C=O) groups is 1. The van der Waals surface area contributed by atoms with E-state index in [0.29, 0.717) is 24.3 Å². The van der Waals surface area contributed by atoms with Crippen molar-refractivity contribution in [3.63, 3.8) is 0 Å². The number of hydrogen-bond donors (Lipinski definition) is 2. The zero-order valence-electron chi connectivity index (χ0n) is 17.1. The molecule has 2 aliphatic heterocycles. The van der Waals surface area contributed by atoms with Crippen LogP contribution in [0, 0.1) is 0 Å². The fourth-order valence-electron chi connectivity index (χ4n) is 5.07. The third kappa shape index (κ3) is 3.27. The Morgan fingerprint density at radius 3 is 2.59 bits per heavy atom. The van der Waals surface area contributed by atoms with Crippen LogP contribution in [0.25, 0.3) is 11.1 Å². The number of aromatic nitrogens is 2. The van der Waals surface area contributed by atoms with Gasteiger partial charge < -0.3 is 14.3 Å². The maximum Gasteiger partial charge on any atom is 0.417 e. The molecule has 2 aromatic heterocycles. The first-order chi connectivity index (χ1) is 15.4. The molecule has 2 N–H and O–H groups in total. The molecular weight excluding hydrogens is 436 g/mol. The number of oxazole rings is 1. The topological polar surface area (TPSA) is 139 Å². The summed E-state index contributed by atoms with van der Waals surface area (Å²) >= 11 is 0. The largest absolute Gasteiger partial charge is 0.417 e. The van der Waals surface area contributed by atoms with E-state index in [9.17, 15) is 18.0 Å². The zero-order chi connectivity index (χ0) is 22.0. The van der Waals surface area contributed by atoms with Crippen LogP contribution in [0.1, 0.15) is 60.7 Å². The molecule has 6 rings (SSSR count). The van der Waals surface area contributed by atoms with Gasteiger partial charge in [0.2, 0.25) is 10.0 Å². The third-order valence-corrected chi connectivity index (χ3v) is 8.71. The second kappa shape index (κ2) is 7.04. The van der Waals surface area contributed by atoms with E-state index in [0.717, 1.165) is 31.4 Å². The van der Waals surface area contributed by atoms with E-state index < -0.39 is 15.8 Å². The molecule has 1 unspecified atom stereocenters. The maximum atomic E-state index is 13.4. The number of rotatable bonds is 5. The second-order valence-electron chi connectivity index (χ2n) is 8.92. The van der Waals surface area contributed by atoms with Gasteiger partial charge in [0.25, 0.3) is 5.91 Å². The van der Waals surface area contributed by atoms with Crippen LogP contribution in [0.3, 0.4) is 0 Å². The van der Waals surface area contributed by atoms with Gasteiger partial charge in [-0.2, -0.15) is 4.31 Å². The van der Waals surface area contributed by atoms with Gasteiger partial charge in [-0.1, -0.05) is 5.16 Å². The smallest absolute Gasteiger partial charge is 0.408 e. The highest BCUT2D eigenvalue weighted by atomic mass is 32.2. The molecule has 2 bridgehead atoms. The Balaban J connectivity index is 1.19. The molecular formula is C21H22N4O6S. The Kier molecular flexibility index (Phi) is 4.34. The van der Waals surface area contributed by atoms with Gasteiger partial charge in [-0.15, -0.1) is 0 Å². The number of piperidine rings is 1. The van der Waals surface area contributed by atoms with Crippen molar-refractivity contribution in [3.05, 3.63) is 46.3 Å². The predicted molar refractivity (Wildman–Crippen MR) is 112 cm³/mol. The van der Waals surface area contributed by atoms with E-state index >= 15 is 0 Å². The number of nitrogens with one attached hydrogen (secondary N) is 2. The molecule has 3 aromatic rings. The number of benzene rings is 1. The Labute approximate surface area is 183 Å². The van der Waals surface area contributed by atoms with Crippen molar-refractivity contribution in [2.75, 3.05) is 0 Å². The number of hydrogen-bond acceptors (Lipinski definition) is 7. The molecule has 1 aromatic carbocycles. The molecule has 3 aliphatic rings. The average molecular weight is 458 g/mol. The van der Waals surface area contributed by atoms with Crippen molar-refractivity contribution in [2.24, 2.45) is 0 Å². The van der Waals surface area contributed by atoms with Gasteiger partial charge in [-0.3, -0.25) is 9.78 Å². The van der Waals surface area contributed by atoms with E-state index in [2.05, 4.69) is 15.5 Å². The quantitative estimate of drug-likeness (QED) is 0.597. The number of fused-ring (bicyclic) bond motifs is 3. The Morgan fingerprint density at radius 2 is 1.88 bits per heavy atom. The van der Waals surface area contributed by atoms with Crippen LogP contribution in [0.4, 0.5) is 0 Å². The minimum absolute atomic E-state index is 0.0994. The monoisotopic (exact) mass is 458 g/mol. The first-order valence-corrected chi connectivity index (χ1v) is 12.3. The highest BCUT2D eigenvalue weighted by Gasteiger charge is 2.47. The summed E-state index contributed by atoms with van der Waals surface area (Å²) in [5, 5.41) is 6.90. The zero-order valence-corrected chi connectivity index (χ0v) is 17.9. The molecule has 11 heteroatoms. The van der Waals surface area contributed by atoms with Crippen molar-refractivity contribution >= 4 is 27.0 Å². The lowest BCUT2D eigenvalue weighted by Crippen LogP contribution is -2.52. The van der Waals surface area contributed by atoms with Gasteiger partial charge in [0.15, 0.2) is 11.3 Å². The third-order valence-electron chi connectivity index (χ3n) is 6.71. The summed E-state index contributed by atoms with van der Waals surface area (Å²) in [5.41, 5.74) is 0.940. The summed E-state index contributed by atoms with van der Waals surface area (Å²) in [5.74, 6) is 0.232. The van der Waals surface area contributed by atoms with E-state index in [1.807, 2.05) is 0 Å². The summed E-state index contributed by atoms with van der Waals surface area (Å²) in [6.45, 7) is 0. The van der Waals surface area contributed by atoms with Crippen LogP contribution in [0.5, 0.6) is 0 Å². The molecule has 3 fully saturated rings. The van der Waals surface area contributed by atoms with Crippen LogP contribution < -0.4 is 11.1 Å². The van der Waals surface area contributed by atoms with Crippen LogP contribution in [0.15, 0.2) is 42.9 Å².